The lowest BCUT2D eigenvalue weighted by Crippen LogP contribution is -2.59. The van der Waals surface area contributed by atoms with Crippen molar-refractivity contribution in [2.24, 2.45) is 52.3 Å². The Balaban J connectivity index is 1.29. The molecule has 2 saturated heterocycles. The first kappa shape index (κ1) is 22.3. The van der Waals surface area contributed by atoms with Gasteiger partial charge in [-0.15, -0.1) is 0 Å². The fourth-order valence-electron chi connectivity index (χ4n) is 10.4. The van der Waals surface area contributed by atoms with Crippen LogP contribution in [0.4, 0.5) is 0 Å². The first-order valence-corrected chi connectivity index (χ1v) is 13.5. The van der Waals surface area contributed by atoms with E-state index < -0.39 is 11.9 Å². The molecule has 5 heteroatoms. The van der Waals surface area contributed by atoms with Crippen LogP contribution in [0.15, 0.2) is 0 Å². The van der Waals surface area contributed by atoms with Gasteiger partial charge >= 0.3 is 0 Å². The molecule has 0 radical (unpaired) electrons. The van der Waals surface area contributed by atoms with E-state index in [0.29, 0.717) is 36.2 Å². The lowest BCUT2D eigenvalue weighted by atomic mass is 9.43. The molecule has 0 amide bonds. The Morgan fingerprint density at radius 2 is 1.56 bits per heavy atom. The Labute approximate surface area is 193 Å². The minimum atomic E-state index is -0.824. The van der Waals surface area contributed by atoms with Crippen LogP contribution in [0, 0.1) is 52.3 Å². The lowest BCUT2D eigenvalue weighted by Gasteiger charge is -2.62. The van der Waals surface area contributed by atoms with Gasteiger partial charge in [0.15, 0.2) is 5.79 Å². The molecule has 0 aromatic carbocycles. The van der Waals surface area contributed by atoms with E-state index in [9.17, 15) is 15.3 Å². The van der Waals surface area contributed by atoms with Crippen molar-refractivity contribution in [3.8, 4) is 0 Å². The van der Waals surface area contributed by atoms with E-state index in [0.717, 1.165) is 38.5 Å². The van der Waals surface area contributed by atoms with E-state index in [1.165, 1.54) is 12.8 Å². The first-order chi connectivity index (χ1) is 15.1. The molecule has 1 spiro atoms. The van der Waals surface area contributed by atoms with Gasteiger partial charge in [0.25, 0.3) is 0 Å². The average Bonchev–Trinajstić information content (AvgIpc) is 3.18. The molecule has 6 aliphatic rings. The van der Waals surface area contributed by atoms with E-state index >= 15 is 0 Å². The number of aliphatic hydroxyl groups is 3. The molecule has 6 rings (SSSR count). The first-order valence-electron chi connectivity index (χ1n) is 13.5. The highest BCUT2D eigenvalue weighted by molar-refractivity contribution is 5.17. The zero-order valence-electron chi connectivity index (χ0n) is 20.4. The topological polar surface area (TPSA) is 79.2 Å². The minimum Gasteiger partial charge on any atom is -0.393 e. The molecule has 10 unspecified atom stereocenters. The van der Waals surface area contributed by atoms with Crippen LogP contribution in [0.25, 0.3) is 0 Å². The van der Waals surface area contributed by atoms with E-state index in [4.69, 9.17) is 9.47 Å². The summed E-state index contributed by atoms with van der Waals surface area (Å²) in [5.41, 5.74) is 0.324. The predicted octanol–water partition coefficient (Wildman–Crippen LogP) is 3.74. The number of hydrogen-bond donors (Lipinski definition) is 3. The van der Waals surface area contributed by atoms with Crippen molar-refractivity contribution >= 4 is 0 Å². The molecule has 0 bridgehead atoms. The zero-order valence-corrected chi connectivity index (χ0v) is 20.4. The minimum absolute atomic E-state index is 0.146. The molecule has 0 aromatic rings. The van der Waals surface area contributed by atoms with Crippen LogP contribution >= 0.6 is 0 Å². The van der Waals surface area contributed by atoms with Crippen LogP contribution in [0.3, 0.4) is 0 Å². The average molecular weight is 449 g/mol. The maximum atomic E-state index is 11.2. The van der Waals surface area contributed by atoms with Gasteiger partial charge in [0.1, 0.15) is 6.10 Å². The maximum absolute atomic E-state index is 11.2. The van der Waals surface area contributed by atoms with Crippen molar-refractivity contribution in [2.75, 3.05) is 6.61 Å². The molecule has 4 aliphatic carbocycles. The zero-order chi connectivity index (χ0) is 22.6. The summed E-state index contributed by atoms with van der Waals surface area (Å²) in [6.07, 6.45) is 6.86. The summed E-state index contributed by atoms with van der Waals surface area (Å²) in [5, 5.41) is 32.6. The standard InChI is InChI=1S/C27H44O5/c1-14-9-23(30)27(31-13-14)15(2)24-22(32-27)12-19-17-11-21(29)20-10-16(28)5-7-25(20,3)18(17)6-8-26(19,24)4/h14-24,28-30H,5-13H2,1-4H3/t14?,15-,16-,17?,18?,19?,20?,21?,22?,23?,24?,25+,26-,27?/m0/s1. The van der Waals surface area contributed by atoms with Gasteiger partial charge in [-0.3, -0.25) is 0 Å². The Kier molecular flexibility index (Phi) is 4.99. The molecule has 6 fully saturated rings. The van der Waals surface area contributed by atoms with Crippen LogP contribution < -0.4 is 0 Å². The Morgan fingerprint density at radius 1 is 0.812 bits per heavy atom. The normalized spacial score (nSPS) is 64.0. The van der Waals surface area contributed by atoms with Crippen LogP contribution in [0.5, 0.6) is 0 Å². The molecule has 32 heavy (non-hydrogen) atoms. The van der Waals surface area contributed by atoms with Gasteiger partial charge in [-0.05, 0) is 97.7 Å². The Bertz CT molecular complexity index is 758. The third-order valence-corrected chi connectivity index (χ3v) is 11.9. The van der Waals surface area contributed by atoms with Gasteiger partial charge < -0.3 is 24.8 Å². The summed E-state index contributed by atoms with van der Waals surface area (Å²) >= 11 is 0. The van der Waals surface area contributed by atoms with Crippen molar-refractivity contribution in [2.45, 2.75) is 109 Å². The van der Waals surface area contributed by atoms with Gasteiger partial charge in [0.05, 0.1) is 24.9 Å². The highest BCUT2D eigenvalue weighted by atomic mass is 16.7. The number of fused-ring (bicyclic) bond motifs is 7. The highest BCUT2D eigenvalue weighted by Crippen LogP contribution is 2.71. The van der Waals surface area contributed by atoms with Crippen LogP contribution in [-0.4, -0.2) is 52.1 Å². The van der Waals surface area contributed by atoms with Gasteiger partial charge in [-0.25, -0.2) is 0 Å². The van der Waals surface area contributed by atoms with Gasteiger partial charge in [-0.1, -0.05) is 27.7 Å². The van der Waals surface area contributed by atoms with Gasteiger partial charge in [0.2, 0.25) is 0 Å². The second kappa shape index (κ2) is 7.16. The summed E-state index contributed by atoms with van der Waals surface area (Å²) in [7, 11) is 0. The number of rotatable bonds is 0. The van der Waals surface area contributed by atoms with Crippen LogP contribution in [0.1, 0.15) is 79.1 Å². The molecular weight excluding hydrogens is 404 g/mol. The lowest BCUT2D eigenvalue weighted by molar-refractivity contribution is -0.316. The number of aliphatic hydroxyl groups excluding tert-OH is 3. The molecule has 5 nitrogen and oxygen atoms in total. The fraction of sp³-hybridized carbons (Fsp3) is 1.00. The molecule has 0 aromatic heterocycles. The summed E-state index contributed by atoms with van der Waals surface area (Å²) in [4.78, 5) is 0. The largest absolute Gasteiger partial charge is 0.393 e. The molecule has 2 aliphatic heterocycles. The monoisotopic (exact) mass is 448 g/mol. The van der Waals surface area contributed by atoms with Crippen LogP contribution in [-0.2, 0) is 9.47 Å². The van der Waals surface area contributed by atoms with Crippen molar-refractivity contribution in [1.82, 2.24) is 0 Å². The van der Waals surface area contributed by atoms with Gasteiger partial charge in [0, 0.05) is 5.92 Å². The Hall–Kier alpha value is -0.200. The van der Waals surface area contributed by atoms with E-state index in [1.54, 1.807) is 0 Å². The maximum Gasteiger partial charge on any atom is 0.197 e. The molecule has 14 atom stereocenters. The van der Waals surface area contributed by atoms with Crippen LogP contribution in [0.2, 0.25) is 0 Å². The quantitative estimate of drug-likeness (QED) is 0.526. The molecule has 182 valence electrons. The smallest absolute Gasteiger partial charge is 0.197 e. The van der Waals surface area contributed by atoms with Crippen molar-refractivity contribution in [3.63, 3.8) is 0 Å². The van der Waals surface area contributed by atoms with E-state index in [1.807, 2.05) is 0 Å². The summed E-state index contributed by atoms with van der Waals surface area (Å²) in [5.74, 6) is 2.12. The highest BCUT2D eigenvalue weighted by Gasteiger charge is 2.71. The Morgan fingerprint density at radius 3 is 2.31 bits per heavy atom. The van der Waals surface area contributed by atoms with Gasteiger partial charge in [-0.2, -0.15) is 0 Å². The van der Waals surface area contributed by atoms with Crippen molar-refractivity contribution in [3.05, 3.63) is 0 Å². The summed E-state index contributed by atoms with van der Waals surface area (Å²) < 4.78 is 13.0. The van der Waals surface area contributed by atoms with Crippen molar-refractivity contribution in [1.29, 1.82) is 0 Å². The fourth-order valence-corrected chi connectivity index (χ4v) is 10.4. The van der Waals surface area contributed by atoms with Crippen molar-refractivity contribution < 1.29 is 24.8 Å². The SMILES string of the molecule is CC1COC2(OC3CC4C5CC(O)C6C[C@@H](O)CC[C@]6(C)C5CC[C@]4(C)C3[C@@H]2C)C(O)C1. The number of ether oxygens (including phenoxy) is 2. The molecule has 4 saturated carbocycles. The van der Waals surface area contributed by atoms with E-state index in [2.05, 4.69) is 27.7 Å². The summed E-state index contributed by atoms with van der Waals surface area (Å²) in [6.45, 7) is 9.98. The van der Waals surface area contributed by atoms with E-state index in [-0.39, 0.29) is 41.0 Å². The second-order valence-corrected chi connectivity index (χ2v) is 13.4. The predicted molar refractivity (Wildman–Crippen MR) is 121 cm³/mol. The molecular formula is C27H44O5. The number of hydrogen-bond acceptors (Lipinski definition) is 5. The third kappa shape index (κ3) is 2.75. The molecule has 2 heterocycles. The third-order valence-electron chi connectivity index (χ3n) is 11.9. The second-order valence-electron chi connectivity index (χ2n) is 13.4. The molecule has 3 N–H and O–H groups in total. The summed E-state index contributed by atoms with van der Waals surface area (Å²) in [6, 6.07) is 0.